The number of aliphatic hydroxyl groups excluding tert-OH is 3. The fourth-order valence-corrected chi connectivity index (χ4v) is 4.00. The van der Waals surface area contributed by atoms with Gasteiger partial charge in [0, 0.05) is 25.6 Å². The molecule has 2 fully saturated rings. The molecule has 1 aromatic heterocycles. The van der Waals surface area contributed by atoms with Crippen LogP contribution in [0.5, 0.6) is 0 Å². The number of halogens is 2. The van der Waals surface area contributed by atoms with Gasteiger partial charge in [-0.25, -0.2) is 4.98 Å². The average Bonchev–Trinajstić information content (AvgIpc) is 2.97. The van der Waals surface area contributed by atoms with Crippen LogP contribution in [-0.2, 0) is 0 Å². The van der Waals surface area contributed by atoms with Crippen LogP contribution in [0.4, 0.5) is 5.95 Å². The highest BCUT2D eigenvalue weighted by atomic mass is 35.5. The van der Waals surface area contributed by atoms with Gasteiger partial charge in [0.05, 0.1) is 33.2 Å². The van der Waals surface area contributed by atoms with E-state index in [-0.39, 0.29) is 18.6 Å². The number of aliphatic hydroxyl groups is 3. The number of anilines is 1. The molecule has 0 amide bonds. The van der Waals surface area contributed by atoms with Gasteiger partial charge >= 0.3 is 0 Å². The summed E-state index contributed by atoms with van der Waals surface area (Å²) in [6.45, 7) is 1.64. The van der Waals surface area contributed by atoms with E-state index >= 15 is 0 Å². The molecule has 0 radical (unpaired) electrons. The monoisotopic (exact) mass is 371 g/mol. The van der Waals surface area contributed by atoms with Crippen LogP contribution in [0.3, 0.4) is 0 Å². The topological polar surface area (TPSA) is 81.8 Å². The van der Waals surface area contributed by atoms with Gasteiger partial charge in [-0.05, 0) is 25.0 Å². The summed E-state index contributed by atoms with van der Waals surface area (Å²) in [5.41, 5.74) is 1.49. The number of nitrogens with zero attached hydrogens (tertiary/aromatic N) is 3. The van der Waals surface area contributed by atoms with E-state index in [9.17, 15) is 15.3 Å². The maximum atomic E-state index is 10.5. The Morgan fingerprint density at radius 3 is 2.42 bits per heavy atom. The van der Waals surface area contributed by atoms with Crippen molar-refractivity contribution >= 4 is 40.2 Å². The predicted octanol–water partition coefficient (Wildman–Crippen LogP) is 1.83. The summed E-state index contributed by atoms with van der Waals surface area (Å²) < 4.78 is 1.94. The summed E-state index contributed by atoms with van der Waals surface area (Å²) in [5, 5.41) is 31.0. The molecular weight excluding hydrogens is 353 g/mol. The fraction of sp³-hybridized carbons (Fsp3) is 0.562. The van der Waals surface area contributed by atoms with Crippen LogP contribution in [0.25, 0.3) is 11.0 Å². The molecular formula is C16H19Cl2N3O3. The van der Waals surface area contributed by atoms with Gasteiger partial charge in [0.15, 0.2) is 0 Å². The van der Waals surface area contributed by atoms with Gasteiger partial charge in [-0.2, -0.15) is 0 Å². The third-order valence-electron chi connectivity index (χ3n) is 5.19. The first-order chi connectivity index (χ1) is 11.5. The molecule has 1 aliphatic carbocycles. The van der Waals surface area contributed by atoms with Crippen LogP contribution < -0.4 is 4.90 Å². The van der Waals surface area contributed by atoms with Crippen molar-refractivity contribution in [3.63, 3.8) is 0 Å². The predicted molar refractivity (Wildman–Crippen MR) is 92.8 cm³/mol. The van der Waals surface area contributed by atoms with Gasteiger partial charge < -0.3 is 24.8 Å². The lowest BCUT2D eigenvalue weighted by Gasteiger charge is -2.34. The Labute approximate surface area is 149 Å². The van der Waals surface area contributed by atoms with Crippen molar-refractivity contribution in [3.8, 4) is 0 Å². The standard InChI is InChI=1S/C16H19Cl2N3O3/c17-9-5-11-12(6-10(9)18)21(16(19-11)20-2-1-3-20)13-4-8(7-22)14(23)15(13)24/h5-6,8,13-15,22-24H,1-4,7H2. The van der Waals surface area contributed by atoms with Crippen LogP contribution in [0.2, 0.25) is 10.0 Å². The fourth-order valence-electron chi connectivity index (χ4n) is 3.68. The molecule has 1 aliphatic heterocycles. The first-order valence-electron chi connectivity index (χ1n) is 8.10. The van der Waals surface area contributed by atoms with Crippen molar-refractivity contribution in [2.45, 2.75) is 31.1 Å². The molecule has 6 nitrogen and oxygen atoms in total. The van der Waals surface area contributed by atoms with Gasteiger partial charge in [-0.15, -0.1) is 0 Å². The maximum Gasteiger partial charge on any atom is 0.206 e. The van der Waals surface area contributed by atoms with Crippen molar-refractivity contribution < 1.29 is 15.3 Å². The van der Waals surface area contributed by atoms with E-state index in [1.807, 2.05) is 4.57 Å². The number of imidazole rings is 1. The van der Waals surface area contributed by atoms with Crippen LogP contribution in [0.1, 0.15) is 18.9 Å². The summed E-state index contributed by atoms with van der Waals surface area (Å²) in [7, 11) is 0. The van der Waals surface area contributed by atoms with E-state index in [2.05, 4.69) is 9.88 Å². The molecule has 2 aromatic rings. The Morgan fingerprint density at radius 2 is 1.83 bits per heavy atom. The molecule has 4 unspecified atom stereocenters. The van der Waals surface area contributed by atoms with E-state index in [1.165, 1.54) is 0 Å². The highest BCUT2D eigenvalue weighted by Gasteiger charge is 2.44. The minimum atomic E-state index is -0.964. The Bertz CT molecular complexity index is 778. The molecule has 1 aromatic carbocycles. The van der Waals surface area contributed by atoms with Gasteiger partial charge in [-0.1, -0.05) is 23.2 Å². The highest BCUT2D eigenvalue weighted by molar-refractivity contribution is 6.42. The number of benzene rings is 1. The number of hydrogen-bond donors (Lipinski definition) is 3. The van der Waals surface area contributed by atoms with Gasteiger partial charge in [0.2, 0.25) is 5.95 Å². The van der Waals surface area contributed by atoms with E-state index in [0.29, 0.717) is 22.0 Å². The molecule has 2 heterocycles. The number of hydrogen-bond acceptors (Lipinski definition) is 5. The van der Waals surface area contributed by atoms with Crippen LogP contribution in [0.15, 0.2) is 12.1 Å². The number of rotatable bonds is 3. The van der Waals surface area contributed by atoms with Gasteiger partial charge in [-0.3, -0.25) is 0 Å². The van der Waals surface area contributed by atoms with E-state index in [0.717, 1.165) is 31.0 Å². The van der Waals surface area contributed by atoms with Crippen molar-refractivity contribution in [2.24, 2.45) is 5.92 Å². The third-order valence-corrected chi connectivity index (χ3v) is 5.91. The highest BCUT2D eigenvalue weighted by Crippen LogP contribution is 2.41. The van der Waals surface area contributed by atoms with E-state index in [1.54, 1.807) is 12.1 Å². The Morgan fingerprint density at radius 1 is 1.12 bits per heavy atom. The lowest BCUT2D eigenvalue weighted by Crippen LogP contribution is -2.40. The second-order valence-corrected chi connectivity index (χ2v) is 7.42. The summed E-state index contributed by atoms with van der Waals surface area (Å²) >= 11 is 12.3. The molecule has 2 aliphatic rings. The maximum absolute atomic E-state index is 10.5. The van der Waals surface area contributed by atoms with Gasteiger partial charge in [0.25, 0.3) is 0 Å². The summed E-state index contributed by atoms with van der Waals surface area (Å²) in [4.78, 5) is 6.81. The molecule has 24 heavy (non-hydrogen) atoms. The molecule has 4 atom stereocenters. The first kappa shape index (κ1) is 16.4. The van der Waals surface area contributed by atoms with E-state index < -0.39 is 12.2 Å². The second kappa shape index (κ2) is 6.04. The van der Waals surface area contributed by atoms with Crippen molar-refractivity contribution in [1.29, 1.82) is 0 Å². The lowest BCUT2D eigenvalue weighted by molar-refractivity contribution is -0.00354. The largest absolute Gasteiger partial charge is 0.396 e. The molecule has 3 N–H and O–H groups in total. The quantitative estimate of drug-likeness (QED) is 0.766. The normalized spacial score (nSPS) is 30.1. The van der Waals surface area contributed by atoms with Crippen LogP contribution in [-0.4, -0.2) is 56.8 Å². The zero-order valence-corrected chi connectivity index (χ0v) is 14.5. The Balaban J connectivity index is 1.87. The Kier molecular flexibility index (Phi) is 4.13. The minimum Gasteiger partial charge on any atom is -0.396 e. The van der Waals surface area contributed by atoms with Crippen LogP contribution >= 0.6 is 23.2 Å². The molecule has 1 saturated heterocycles. The summed E-state index contributed by atoms with van der Waals surface area (Å²) in [6.07, 6.45) is -0.343. The van der Waals surface area contributed by atoms with E-state index in [4.69, 9.17) is 23.2 Å². The third kappa shape index (κ3) is 2.40. The van der Waals surface area contributed by atoms with Crippen molar-refractivity contribution in [1.82, 2.24) is 9.55 Å². The molecule has 8 heteroatoms. The molecule has 1 saturated carbocycles. The zero-order valence-electron chi connectivity index (χ0n) is 12.9. The average molecular weight is 372 g/mol. The summed E-state index contributed by atoms with van der Waals surface area (Å²) in [6, 6.07) is 3.11. The van der Waals surface area contributed by atoms with Gasteiger partial charge in [0.1, 0.15) is 6.10 Å². The SMILES string of the molecule is OCC1CC(n2c(N3CCC3)nc3cc(Cl)c(Cl)cc32)C(O)C1O. The Hall–Kier alpha value is -1.05. The smallest absolute Gasteiger partial charge is 0.206 e. The number of aromatic nitrogens is 2. The van der Waals surface area contributed by atoms with Crippen molar-refractivity contribution in [2.75, 3.05) is 24.6 Å². The zero-order chi connectivity index (χ0) is 17.0. The van der Waals surface area contributed by atoms with Crippen LogP contribution in [0, 0.1) is 5.92 Å². The minimum absolute atomic E-state index is 0.160. The molecule has 130 valence electrons. The van der Waals surface area contributed by atoms with Crippen molar-refractivity contribution in [3.05, 3.63) is 22.2 Å². The molecule has 4 rings (SSSR count). The molecule has 0 bridgehead atoms. The number of fused-ring (bicyclic) bond motifs is 1. The second-order valence-electron chi connectivity index (χ2n) is 6.60. The molecule has 0 spiro atoms. The summed E-state index contributed by atoms with van der Waals surface area (Å²) in [5.74, 6) is 0.402. The lowest BCUT2D eigenvalue weighted by atomic mass is 10.1. The first-order valence-corrected chi connectivity index (χ1v) is 8.85.